The number of rotatable bonds is 4. The van der Waals surface area contributed by atoms with Gasteiger partial charge in [-0.15, -0.1) is 11.8 Å². The van der Waals surface area contributed by atoms with Gasteiger partial charge in [-0.1, -0.05) is 24.3 Å². The molecular weight excluding hydrogens is 322 g/mol. The normalized spacial score (nSPS) is 17.6. The third-order valence-corrected chi connectivity index (χ3v) is 5.38. The van der Waals surface area contributed by atoms with Crippen LogP contribution in [0.1, 0.15) is 16.8 Å². The molecule has 6 heteroatoms. The van der Waals surface area contributed by atoms with E-state index < -0.39 is 0 Å². The number of carbonyl (C=O) groups is 1. The molecule has 122 valence electrons. The zero-order valence-electron chi connectivity index (χ0n) is 13.2. The van der Waals surface area contributed by atoms with Crippen LogP contribution in [0.2, 0.25) is 0 Å². The average Bonchev–Trinajstić information content (AvgIpc) is 3.19. The summed E-state index contributed by atoms with van der Waals surface area (Å²) in [7, 11) is 1.65. The van der Waals surface area contributed by atoms with Crippen LogP contribution in [-0.2, 0) is 11.3 Å². The molecule has 1 N–H and O–H groups in total. The lowest BCUT2D eigenvalue weighted by Gasteiger charge is -2.23. The Balaban J connectivity index is 1.60. The lowest BCUT2D eigenvalue weighted by atomic mass is 10.2. The van der Waals surface area contributed by atoms with E-state index in [9.17, 15) is 4.79 Å². The molecule has 2 aromatic carbocycles. The van der Waals surface area contributed by atoms with Crippen molar-refractivity contribution in [2.24, 2.45) is 0 Å². The van der Waals surface area contributed by atoms with Crippen LogP contribution in [-0.4, -0.2) is 33.6 Å². The third kappa shape index (κ3) is 2.73. The SMILES string of the molecule is COc1ccc(C2SCC(=O)N2Cc2nc3ccccc3[nH]2)cc1. The Morgan fingerprint density at radius 1 is 1.25 bits per heavy atom. The molecule has 1 fully saturated rings. The highest BCUT2D eigenvalue weighted by Gasteiger charge is 2.33. The molecular formula is C18H17N3O2S. The molecule has 3 aromatic rings. The van der Waals surface area contributed by atoms with Gasteiger partial charge in [-0.05, 0) is 29.8 Å². The summed E-state index contributed by atoms with van der Waals surface area (Å²) in [5, 5.41) is 0.0108. The molecule has 2 heterocycles. The van der Waals surface area contributed by atoms with Gasteiger partial charge in [0.2, 0.25) is 5.91 Å². The lowest BCUT2D eigenvalue weighted by molar-refractivity contribution is -0.128. The summed E-state index contributed by atoms with van der Waals surface area (Å²) < 4.78 is 5.21. The number of benzene rings is 2. The van der Waals surface area contributed by atoms with Crippen molar-refractivity contribution < 1.29 is 9.53 Å². The summed E-state index contributed by atoms with van der Waals surface area (Å²) in [6.45, 7) is 0.483. The quantitative estimate of drug-likeness (QED) is 0.792. The molecule has 0 saturated carbocycles. The van der Waals surface area contributed by atoms with Gasteiger partial charge < -0.3 is 14.6 Å². The molecule has 0 spiro atoms. The van der Waals surface area contributed by atoms with E-state index in [4.69, 9.17) is 4.74 Å². The molecule has 0 bridgehead atoms. The number of nitrogens with zero attached hydrogens (tertiary/aromatic N) is 2. The van der Waals surface area contributed by atoms with E-state index in [2.05, 4.69) is 9.97 Å². The van der Waals surface area contributed by atoms with Crippen LogP contribution in [0.4, 0.5) is 0 Å². The predicted molar refractivity (Wildman–Crippen MR) is 94.8 cm³/mol. The molecule has 0 aliphatic carbocycles. The largest absolute Gasteiger partial charge is 0.497 e. The zero-order valence-corrected chi connectivity index (χ0v) is 14.0. The highest BCUT2D eigenvalue weighted by Crippen LogP contribution is 2.39. The smallest absolute Gasteiger partial charge is 0.234 e. The number of hydrogen-bond donors (Lipinski definition) is 1. The van der Waals surface area contributed by atoms with Crippen LogP contribution in [0.3, 0.4) is 0 Å². The predicted octanol–water partition coefficient (Wildman–Crippen LogP) is 3.35. The van der Waals surface area contributed by atoms with Crippen molar-refractivity contribution >= 4 is 28.7 Å². The number of carbonyl (C=O) groups excluding carboxylic acids is 1. The summed E-state index contributed by atoms with van der Waals surface area (Å²) in [5.74, 6) is 2.26. The van der Waals surface area contributed by atoms with E-state index in [1.807, 2.05) is 53.4 Å². The second kappa shape index (κ2) is 6.20. The molecule has 1 aliphatic rings. The minimum atomic E-state index is 0.0108. The Kier molecular flexibility index (Phi) is 3.90. The summed E-state index contributed by atoms with van der Waals surface area (Å²) in [6.07, 6.45) is 0. The summed E-state index contributed by atoms with van der Waals surface area (Å²) in [5.41, 5.74) is 3.02. The average molecular weight is 339 g/mol. The first-order chi connectivity index (χ1) is 11.7. The van der Waals surface area contributed by atoms with Crippen LogP contribution in [0, 0.1) is 0 Å². The summed E-state index contributed by atoms with van der Waals surface area (Å²) in [6, 6.07) is 15.8. The van der Waals surface area contributed by atoms with Gasteiger partial charge in [0, 0.05) is 0 Å². The van der Waals surface area contributed by atoms with Crippen LogP contribution >= 0.6 is 11.8 Å². The van der Waals surface area contributed by atoms with Crippen molar-refractivity contribution in [2.75, 3.05) is 12.9 Å². The van der Waals surface area contributed by atoms with Crippen molar-refractivity contribution in [3.8, 4) is 5.75 Å². The van der Waals surface area contributed by atoms with E-state index >= 15 is 0 Å². The lowest BCUT2D eigenvalue weighted by Crippen LogP contribution is -2.28. The molecule has 1 aliphatic heterocycles. The monoisotopic (exact) mass is 339 g/mol. The second-order valence-corrected chi connectivity index (χ2v) is 6.73. The van der Waals surface area contributed by atoms with Gasteiger partial charge >= 0.3 is 0 Å². The number of hydrogen-bond acceptors (Lipinski definition) is 4. The van der Waals surface area contributed by atoms with Crippen LogP contribution in [0.25, 0.3) is 11.0 Å². The van der Waals surface area contributed by atoms with E-state index in [1.54, 1.807) is 18.9 Å². The molecule has 4 rings (SSSR count). The zero-order chi connectivity index (χ0) is 16.5. The maximum Gasteiger partial charge on any atom is 0.234 e. The second-order valence-electron chi connectivity index (χ2n) is 5.66. The fraction of sp³-hybridized carbons (Fsp3) is 0.222. The molecule has 0 radical (unpaired) electrons. The minimum Gasteiger partial charge on any atom is -0.497 e. The van der Waals surface area contributed by atoms with Crippen molar-refractivity contribution in [3.05, 3.63) is 59.9 Å². The van der Waals surface area contributed by atoms with Gasteiger partial charge in [-0.2, -0.15) is 0 Å². The highest BCUT2D eigenvalue weighted by atomic mass is 32.2. The Morgan fingerprint density at radius 3 is 2.79 bits per heavy atom. The maximum atomic E-state index is 12.3. The number of ether oxygens (including phenoxy) is 1. The number of nitrogens with one attached hydrogen (secondary N) is 1. The number of H-pyrrole nitrogens is 1. The van der Waals surface area contributed by atoms with Gasteiger partial charge in [0.05, 0.1) is 30.4 Å². The first kappa shape index (κ1) is 15.1. The fourth-order valence-corrected chi connectivity index (χ4v) is 4.10. The molecule has 1 unspecified atom stereocenters. The molecule has 5 nitrogen and oxygen atoms in total. The standard InChI is InChI=1S/C18H17N3O2S/c1-23-13-8-6-12(7-9-13)18-21(17(22)11-24-18)10-16-19-14-4-2-3-5-15(14)20-16/h2-9,18H,10-11H2,1H3,(H,19,20). The van der Waals surface area contributed by atoms with Gasteiger partial charge in [-0.25, -0.2) is 4.98 Å². The van der Waals surface area contributed by atoms with Crippen molar-refractivity contribution in [1.29, 1.82) is 0 Å². The summed E-state index contributed by atoms with van der Waals surface area (Å²) in [4.78, 5) is 22.1. The number of thioether (sulfide) groups is 1. The highest BCUT2D eigenvalue weighted by molar-refractivity contribution is 8.00. The summed E-state index contributed by atoms with van der Waals surface area (Å²) >= 11 is 1.65. The van der Waals surface area contributed by atoms with Gasteiger partial charge in [0.1, 0.15) is 16.9 Å². The van der Waals surface area contributed by atoms with E-state index in [-0.39, 0.29) is 11.3 Å². The first-order valence-electron chi connectivity index (χ1n) is 7.73. The van der Waals surface area contributed by atoms with Gasteiger partial charge in [0.25, 0.3) is 0 Å². The fourth-order valence-electron chi connectivity index (χ4n) is 2.91. The maximum absolute atomic E-state index is 12.3. The Morgan fingerprint density at radius 2 is 2.04 bits per heavy atom. The molecule has 24 heavy (non-hydrogen) atoms. The van der Waals surface area contributed by atoms with Crippen LogP contribution in [0.5, 0.6) is 5.75 Å². The van der Waals surface area contributed by atoms with Crippen LogP contribution in [0.15, 0.2) is 48.5 Å². The number of para-hydroxylation sites is 2. The Bertz CT molecular complexity index is 842. The van der Waals surface area contributed by atoms with Gasteiger partial charge in [-0.3, -0.25) is 4.79 Å². The number of amides is 1. The van der Waals surface area contributed by atoms with Crippen molar-refractivity contribution in [1.82, 2.24) is 14.9 Å². The van der Waals surface area contributed by atoms with E-state index in [0.29, 0.717) is 12.3 Å². The van der Waals surface area contributed by atoms with Crippen LogP contribution < -0.4 is 4.74 Å². The number of aromatic amines is 1. The Hall–Kier alpha value is -2.47. The Labute approximate surface area is 144 Å². The van der Waals surface area contributed by atoms with E-state index in [1.165, 1.54) is 0 Å². The number of methoxy groups -OCH3 is 1. The molecule has 1 amide bonds. The van der Waals surface area contributed by atoms with E-state index in [0.717, 1.165) is 28.2 Å². The number of fused-ring (bicyclic) bond motifs is 1. The van der Waals surface area contributed by atoms with Crippen molar-refractivity contribution in [2.45, 2.75) is 11.9 Å². The number of aromatic nitrogens is 2. The minimum absolute atomic E-state index is 0.0108. The molecule has 1 saturated heterocycles. The third-order valence-electron chi connectivity index (χ3n) is 4.13. The van der Waals surface area contributed by atoms with Crippen molar-refractivity contribution in [3.63, 3.8) is 0 Å². The molecule has 1 atom stereocenters. The topological polar surface area (TPSA) is 58.2 Å². The molecule has 1 aromatic heterocycles. The first-order valence-corrected chi connectivity index (χ1v) is 8.78. The number of imidazole rings is 1. The van der Waals surface area contributed by atoms with Gasteiger partial charge in [0.15, 0.2) is 0 Å².